The molecule has 104 valence electrons. The lowest BCUT2D eigenvalue weighted by molar-refractivity contribution is 0.0653. The van der Waals surface area contributed by atoms with Crippen molar-refractivity contribution in [2.24, 2.45) is 0 Å². The molecule has 0 radical (unpaired) electrons. The molecular weight excluding hydrogens is 330 g/mol. The van der Waals surface area contributed by atoms with Crippen LogP contribution in [0.25, 0.3) is 0 Å². The van der Waals surface area contributed by atoms with Crippen molar-refractivity contribution < 1.29 is 18.6 Å². The molecule has 1 heterocycles. The van der Waals surface area contributed by atoms with Crippen LogP contribution in [-0.4, -0.2) is 5.11 Å². The molecule has 0 saturated carbocycles. The van der Waals surface area contributed by atoms with E-state index in [9.17, 15) is 13.9 Å². The first-order valence-corrected chi connectivity index (χ1v) is 6.93. The fourth-order valence-electron chi connectivity index (χ4n) is 2.33. The summed E-state index contributed by atoms with van der Waals surface area (Å²) in [5, 5.41) is 10.1. The highest BCUT2D eigenvalue weighted by molar-refractivity contribution is 9.10. The molecule has 0 bridgehead atoms. The molecule has 1 unspecified atom stereocenters. The summed E-state index contributed by atoms with van der Waals surface area (Å²) in [6.07, 6.45) is -0.891. The third kappa shape index (κ3) is 2.43. The Morgan fingerprint density at radius 2 is 1.95 bits per heavy atom. The number of benzene rings is 2. The second kappa shape index (κ2) is 5.14. The minimum Gasteiger partial charge on any atom is -0.485 e. The highest BCUT2D eigenvalue weighted by Crippen LogP contribution is 2.41. The molecule has 2 nitrogen and oxygen atoms in total. The van der Waals surface area contributed by atoms with Crippen molar-refractivity contribution in [2.45, 2.75) is 18.6 Å². The lowest BCUT2D eigenvalue weighted by Gasteiger charge is -2.30. The average molecular weight is 341 g/mol. The third-order valence-corrected chi connectivity index (χ3v) is 3.96. The Morgan fingerprint density at radius 1 is 1.15 bits per heavy atom. The zero-order valence-electron chi connectivity index (χ0n) is 10.3. The number of ether oxygens (including phenoxy) is 1. The number of halogens is 3. The van der Waals surface area contributed by atoms with E-state index in [1.165, 1.54) is 24.3 Å². The molecule has 1 aliphatic rings. The number of fused-ring (bicyclic) bond motifs is 1. The lowest BCUT2D eigenvalue weighted by Crippen LogP contribution is -2.19. The molecule has 0 aromatic heterocycles. The zero-order chi connectivity index (χ0) is 14.3. The van der Waals surface area contributed by atoms with Crippen LogP contribution in [0.4, 0.5) is 8.78 Å². The number of hydrogen-bond acceptors (Lipinski definition) is 2. The number of rotatable bonds is 1. The first-order valence-electron chi connectivity index (χ1n) is 6.13. The maximum Gasteiger partial charge on any atom is 0.137 e. The summed E-state index contributed by atoms with van der Waals surface area (Å²) in [6.45, 7) is 0. The molecule has 3 rings (SSSR count). The summed E-state index contributed by atoms with van der Waals surface area (Å²) >= 11 is 3.13. The number of aliphatic hydroxyl groups is 1. The Balaban J connectivity index is 1.94. The Morgan fingerprint density at radius 3 is 2.70 bits per heavy atom. The molecular formula is C15H11BrF2O2. The van der Waals surface area contributed by atoms with Gasteiger partial charge in [-0.1, -0.05) is 6.07 Å². The van der Waals surface area contributed by atoms with Crippen LogP contribution in [0.5, 0.6) is 5.75 Å². The molecule has 2 aromatic rings. The van der Waals surface area contributed by atoms with Gasteiger partial charge in [0.25, 0.3) is 0 Å². The monoisotopic (exact) mass is 340 g/mol. The normalized spacial score (nSPS) is 21.2. The van der Waals surface area contributed by atoms with E-state index in [2.05, 4.69) is 15.9 Å². The second-order valence-corrected chi connectivity index (χ2v) is 5.57. The standard InChI is InChI=1S/C15H11BrF2O2/c16-11-5-8(1-3-12(11)18)15-7-13(19)10-6-9(17)2-4-14(10)20-15/h1-6,13,15,19H,7H2/t13-,15?/m1/s1. The van der Waals surface area contributed by atoms with Crippen molar-refractivity contribution >= 4 is 15.9 Å². The highest BCUT2D eigenvalue weighted by atomic mass is 79.9. The van der Waals surface area contributed by atoms with E-state index in [4.69, 9.17) is 4.74 Å². The number of aliphatic hydroxyl groups excluding tert-OH is 1. The minimum absolute atomic E-state index is 0.300. The Hall–Kier alpha value is -1.46. The molecule has 20 heavy (non-hydrogen) atoms. The van der Waals surface area contributed by atoms with E-state index in [0.29, 0.717) is 22.2 Å². The van der Waals surface area contributed by atoms with Gasteiger partial charge in [0.2, 0.25) is 0 Å². The largest absolute Gasteiger partial charge is 0.485 e. The van der Waals surface area contributed by atoms with E-state index in [1.54, 1.807) is 12.1 Å². The van der Waals surface area contributed by atoms with Gasteiger partial charge in [0.1, 0.15) is 23.5 Å². The van der Waals surface area contributed by atoms with Crippen LogP contribution in [0.15, 0.2) is 40.9 Å². The Labute approximate surface area is 123 Å². The van der Waals surface area contributed by atoms with E-state index in [-0.39, 0.29) is 11.9 Å². The average Bonchev–Trinajstić information content (AvgIpc) is 2.42. The third-order valence-electron chi connectivity index (χ3n) is 3.35. The van der Waals surface area contributed by atoms with Crippen LogP contribution in [0.2, 0.25) is 0 Å². The van der Waals surface area contributed by atoms with E-state index in [0.717, 1.165) is 5.56 Å². The molecule has 0 spiro atoms. The van der Waals surface area contributed by atoms with Crippen LogP contribution < -0.4 is 4.74 Å². The van der Waals surface area contributed by atoms with Gasteiger partial charge in [0.05, 0.1) is 10.6 Å². The first kappa shape index (κ1) is 13.5. The van der Waals surface area contributed by atoms with E-state index >= 15 is 0 Å². The van der Waals surface area contributed by atoms with Crippen LogP contribution in [0.3, 0.4) is 0 Å². The summed E-state index contributed by atoms with van der Waals surface area (Å²) < 4.78 is 32.5. The summed E-state index contributed by atoms with van der Waals surface area (Å²) in [5.74, 6) is -0.308. The fourth-order valence-corrected chi connectivity index (χ4v) is 2.73. The molecule has 1 N–H and O–H groups in total. The summed E-state index contributed by atoms with van der Waals surface area (Å²) in [5.41, 5.74) is 1.20. The second-order valence-electron chi connectivity index (χ2n) is 4.71. The molecule has 0 fully saturated rings. The van der Waals surface area contributed by atoms with E-state index in [1.807, 2.05) is 0 Å². The quantitative estimate of drug-likeness (QED) is 0.839. The van der Waals surface area contributed by atoms with Gasteiger partial charge in [-0.05, 0) is 51.8 Å². The maximum absolute atomic E-state index is 13.2. The summed E-state index contributed by atoms with van der Waals surface area (Å²) in [6, 6.07) is 8.65. The van der Waals surface area contributed by atoms with Crippen LogP contribution >= 0.6 is 15.9 Å². The van der Waals surface area contributed by atoms with E-state index < -0.39 is 11.9 Å². The van der Waals surface area contributed by atoms with Crippen molar-refractivity contribution in [1.82, 2.24) is 0 Å². The van der Waals surface area contributed by atoms with Gasteiger partial charge in [-0.15, -0.1) is 0 Å². The smallest absolute Gasteiger partial charge is 0.137 e. The lowest BCUT2D eigenvalue weighted by atomic mass is 9.95. The molecule has 0 aliphatic carbocycles. The molecule has 0 amide bonds. The Kier molecular flexibility index (Phi) is 3.48. The topological polar surface area (TPSA) is 29.5 Å². The molecule has 2 atom stereocenters. The predicted octanol–water partition coefficient (Wildman–Crippen LogP) is 4.28. The van der Waals surface area contributed by atoms with Crippen LogP contribution in [0.1, 0.15) is 29.8 Å². The van der Waals surface area contributed by atoms with Gasteiger partial charge in [-0.25, -0.2) is 8.78 Å². The van der Waals surface area contributed by atoms with Gasteiger partial charge in [-0.3, -0.25) is 0 Å². The van der Waals surface area contributed by atoms with Crippen molar-refractivity contribution in [3.8, 4) is 5.75 Å². The number of hydrogen-bond donors (Lipinski definition) is 1. The maximum atomic E-state index is 13.2. The first-order chi connectivity index (χ1) is 9.54. The fraction of sp³-hybridized carbons (Fsp3) is 0.200. The van der Waals surface area contributed by atoms with Crippen LogP contribution in [0, 0.1) is 11.6 Å². The van der Waals surface area contributed by atoms with Gasteiger partial charge < -0.3 is 9.84 Å². The predicted molar refractivity (Wildman–Crippen MR) is 73.4 cm³/mol. The van der Waals surface area contributed by atoms with Gasteiger partial charge >= 0.3 is 0 Å². The molecule has 2 aromatic carbocycles. The van der Waals surface area contributed by atoms with Gasteiger partial charge in [0, 0.05) is 12.0 Å². The highest BCUT2D eigenvalue weighted by Gasteiger charge is 2.28. The molecule has 5 heteroatoms. The van der Waals surface area contributed by atoms with Crippen molar-refractivity contribution in [3.63, 3.8) is 0 Å². The minimum atomic E-state index is -0.803. The molecule has 1 aliphatic heterocycles. The SMILES string of the molecule is O[C@@H]1CC(c2ccc(F)c(Br)c2)Oc2ccc(F)cc21. The summed E-state index contributed by atoms with van der Waals surface area (Å²) in [4.78, 5) is 0. The van der Waals surface area contributed by atoms with Crippen molar-refractivity contribution in [2.75, 3.05) is 0 Å². The van der Waals surface area contributed by atoms with Gasteiger partial charge in [0.15, 0.2) is 0 Å². The van der Waals surface area contributed by atoms with Gasteiger partial charge in [-0.2, -0.15) is 0 Å². The van der Waals surface area contributed by atoms with Crippen molar-refractivity contribution in [1.29, 1.82) is 0 Å². The molecule has 0 saturated heterocycles. The Bertz CT molecular complexity index is 660. The van der Waals surface area contributed by atoms with Crippen LogP contribution in [-0.2, 0) is 0 Å². The zero-order valence-corrected chi connectivity index (χ0v) is 11.9. The van der Waals surface area contributed by atoms with Crippen molar-refractivity contribution in [3.05, 3.63) is 63.6 Å². The summed E-state index contributed by atoms with van der Waals surface area (Å²) in [7, 11) is 0.